The Hall–Kier alpha value is -1.19. The lowest BCUT2D eigenvalue weighted by Crippen LogP contribution is -2.68. The normalized spacial score (nSPS) is 46.7. The van der Waals surface area contributed by atoms with E-state index in [9.17, 15) is 23.4 Å². The van der Waals surface area contributed by atoms with Gasteiger partial charge >= 0.3 is 5.97 Å². The quantitative estimate of drug-likeness (QED) is 0.186. The standard InChI is InChI=1S/C43H69FN2O4S/c1-29(2)31-12-19-43(45-22-23-46-24-26-51(49,50)27-25-46)21-20-40(6)33(36(31)43)8-9-35-39(5)15-13-32(38(3,4)34(39)14-16-41(35,40)7)30-10-17-42(28-44,18-11-30)37(47)48/h10,13,31,33-36,45,49-50H,1,8-9,11-12,14-28H2,2-7H3,(H,47,48)/t31-,33+,34-,35+,36+,39-,40+,41+,42+,43-/m0/s1. The minimum absolute atomic E-state index is 0.00941. The largest absolute Gasteiger partial charge is 0.481 e. The molecule has 5 fully saturated rings. The predicted octanol–water partition coefficient (Wildman–Crippen LogP) is 9.74. The van der Waals surface area contributed by atoms with Crippen LogP contribution < -0.4 is 5.32 Å². The van der Waals surface area contributed by atoms with Crippen molar-refractivity contribution < 1.29 is 23.4 Å². The summed E-state index contributed by atoms with van der Waals surface area (Å²) in [6.07, 6.45) is 17.1. The van der Waals surface area contributed by atoms with E-state index in [1.807, 2.05) is 0 Å². The Labute approximate surface area is 309 Å². The van der Waals surface area contributed by atoms with Gasteiger partial charge in [-0.3, -0.25) is 18.8 Å². The van der Waals surface area contributed by atoms with E-state index in [-0.39, 0.29) is 27.2 Å². The van der Waals surface area contributed by atoms with Gasteiger partial charge in [-0.05, 0) is 146 Å². The topological polar surface area (TPSA) is 93.0 Å². The van der Waals surface area contributed by atoms with Crippen LogP contribution in [0.25, 0.3) is 0 Å². The van der Waals surface area contributed by atoms with E-state index >= 15 is 0 Å². The molecule has 0 radical (unpaired) electrons. The van der Waals surface area contributed by atoms with E-state index in [0.29, 0.717) is 60.4 Å². The van der Waals surface area contributed by atoms with Gasteiger partial charge in [0.25, 0.3) is 0 Å². The number of carboxylic acids is 1. The Kier molecular flexibility index (Phi) is 9.68. The monoisotopic (exact) mass is 728 g/mol. The molecule has 6 aliphatic carbocycles. The van der Waals surface area contributed by atoms with Crippen molar-refractivity contribution >= 4 is 16.6 Å². The molecule has 0 spiro atoms. The van der Waals surface area contributed by atoms with Gasteiger partial charge in [0.1, 0.15) is 6.67 Å². The molecule has 7 aliphatic rings. The third-order valence-corrected chi connectivity index (χ3v) is 19.4. The summed E-state index contributed by atoms with van der Waals surface area (Å²) in [4.78, 5) is 14.4. The maximum atomic E-state index is 14.0. The second-order valence-electron chi connectivity index (χ2n) is 20.0. The summed E-state index contributed by atoms with van der Waals surface area (Å²) in [6, 6.07) is 0. The molecule has 4 N–H and O–H groups in total. The number of nitrogens with one attached hydrogen (secondary N) is 1. The zero-order chi connectivity index (χ0) is 36.8. The minimum Gasteiger partial charge on any atom is -0.481 e. The Morgan fingerprint density at radius 3 is 2.29 bits per heavy atom. The van der Waals surface area contributed by atoms with Gasteiger partial charge in [0.2, 0.25) is 0 Å². The highest BCUT2D eigenvalue weighted by molar-refractivity contribution is 8.24. The number of halogens is 1. The number of fused-ring (bicyclic) bond motifs is 7. The van der Waals surface area contributed by atoms with Crippen LogP contribution in [0.4, 0.5) is 4.39 Å². The molecule has 6 nitrogen and oxygen atoms in total. The highest BCUT2D eigenvalue weighted by Gasteiger charge is 2.70. The van der Waals surface area contributed by atoms with Gasteiger partial charge < -0.3 is 10.4 Å². The molecule has 0 amide bonds. The van der Waals surface area contributed by atoms with Crippen LogP contribution in [0.2, 0.25) is 0 Å². The molecule has 0 aromatic heterocycles. The third-order valence-electron chi connectivity index (χ3n) is 17.7. The van der Waals surface area contributed by atoms with Crippen LogP contribution in [0.3, 0.4) is 0 Å². The van der Waals surface area contributed by atoms with Crippen LogP contribution in [0, 0.1) is 56.7 Å². The smallest absolute Gasteiger partial charge is 0.312 e. The molecule has 0 bridgehead atoms. The van der Waals surface area contributed by atoms with Gasteiger partial charge in [0.15, 0.2) is 0 Å². The average Bonchev–Trinajstić information content (AvgIpc) is 3.46. The van der Waals surface area contributed by atoms with Crippen molar-refractivity contribution in [2.75, 3.05) is 44.4 Å². The molecule has 0 aromatic rings. The van der Waals surface area contributed by atoms with Crippen LogP contribution in [-0.4, -0.2) is 75.0 Å². The molecule has 1 heterocycles. The van der Waals surface area contributed by atoms with Crippen molar-refractivity contribution in [3.8, 4) is 0 Å². The van der Waals surface area contributed by atoms with Crippen LogP contribution >= 0.6 is 10.6 Å². The minimum atomic E-state index is -2.37. The maximum Gasteiger partial charge on any atom is 0.312 e. The number of nitrogens with zero attached hydrogens (tertiary/aromatic N) is 1. The highest BCUT2D eigenvalue weighted by atomic mass is 32.3. The molecule has 7 rings (SSSR count). The summed E-state index contributed by atoms with van der Waals surface area (Å²) in [5.74, 6) is 3.10. The van der Waals surface area contributed by atoms with Crippen molar-refractivity contribution in [2.45, 2.75) is 124 Å². The van der Waals surface area contributed by atoms with E-state index in [4.69, 9.17) is 0 Å². The van der Waals surface area contributed by atoms with Gasteiger partial charge in [-0.1, -0.05) is 58.9 Å². The third kappa shape index (κ3) is 5.80. The van der Waals surface area contributed by atoms with E-state index < -0.39 is 28.6 Å². The van der Waals surface area contributed by atoms with Gasteiger partial charge in [0, 0.05) is 31.7 Å². The first-order valence-corrected chi connectivity index (χ1v) is 22.3. The summed E-state index contributed by atoms with van der Waals surface area (Å²) >= 11 is 0. The molecule has 1 saturated heterocycles. The molecule has 8 heteroatoms. The lowest BCUT2D eigenvalue weighted by molar-refractivity contribution is -0.221. The van der Waals surface area contributed by atoms with E-state index in [0.717, 1.165) is 32.6 Å². The number of hydrogen-bond acceptors (Lipinski definition) is 5. The van der Waals surface area contributed by atoms with Crippen molar-refractivity contribution in [3.05, 3.63) is 35.5 Å². The number of hydrogen-bond donors (Lipinski definition) is 4. The van der Waals surface area contributed by atoms with E-state index in [1.165, 1.54) is 68.1 Å². The van der Waals surface area contributed by atoms with Crippen LogP contribution in [0.15, 0.2) is 35.5 Å². The molecule has 4 saturated carbocycles. The fourth-order valence-electron chi connectivity index (χ4n) is 14.6. The fraction of sp³-hybridized carbons (Fsp3) is 0.837. The molecule has 0 unspecified atom stereocenters. The number of carbonyl (C=O) groups is 1. The number of rotatable bonds is 8. The number of allylic oxidation sites excluding steroid dienone is 5. The molecule has 1 aliphatic heterocycles. The van der Waals surface area contributed by atoms with Gasteiger partial charge in [-0.2, -0.15) is 10.6 Å². The zero-order valence-corrected chi connectivity index (χ0v) is 33.5. The summed E-state index contributed by atoms with van der Waals surface area (Å²) in [5.41, 5.74) is 3.69. The van der Waals surface area contributed by atoms with Crippen molar-refractivity contribution in [1.29, 1.82) is 0 Å². The zero-order valence-electron chi connectivity index (χ0n) is 32.7. The van der Waals surface area contributed by atoms with Crippen molar-refractivity contribution in [2.24, 2.45) is 56.7 Å². The first-order chi connectivity index (χ1) is 23.9. The Morgan fingerprint density at radius 1 is 0.941 bits per heavy atom. The van der Waals surface area contributed by atoms with Crippen LogP contribution in [-0.2, 0) is 4.79 Å². The van der Waals surface area contributed by atoms with E-state index in [2.05, 4.69) is 70.5 Å². The molecule has 288 valence electrons. The second-order valence-corrected chi connectivity index (χ2v) is 22.4. The molecular weight excluding hydrogens is 660 g/mol. The van der Waals surface area contributed by atoms with Crippen LogP contribution in [0.1, 0.15) is 119 Å². The lowest BCUT2D eigenvalue weighted by atomic mass is 9.33. The van der Waals surface area contributed by atoms with Gasteiger partial charge in [-0.15, -0.1) is 0 Å². The molecular formula is C43H69FN2O4S. The highest BCUT2D eigenvalue weighted by Crippen LogP contribution is 2.76. The summed E-state index contributed by atoms with van der Waals surface area (Å²) in [6.45, 7) is 22.5. The first kappa shape index (κ1) is 38.1. The number of carboxylic acid groups (broad SMARTS) is 1. The van der Waals surface area contributed by atoms with E-state index in [1.54, 1.807) is 0 Å². The Morgan fingerprint density at radius 2 is 1.67 bits per heavy atom. The molecule has 51 heavy (non-hydrogen) atoms. The Balaban J connectivity index is 1.13. The molecule has 10 atom stereocenters. The van der Waals surface area contributed by atoms with Gasteiger partial charge in [0.05, 0.1) is 16.9 Å². The number of alkyl halides is 1. The first-order valence-electron chi connectivity index (χ1n) is 20.4. The predicted molar refractivity (Wildman–Crippen MR) is 208 cm³/mol. The SMILES string of the molecule is C=C(C)[C@@H]1CC[C@]2(NCCN3CCS(O)(O)CC3)CC[C@]3(C)[C@H](CC[C@@H]4[C@@]5(C)CC=C(C6=CC[C@@](CF)(C(=O)O)CC6)C(C)(C)[C@@H]5CC[C@]43C)[C@@H]12. The van der Waals surface area contributed by atoms with Crippen molar-refractivity contribution in [1.82, 2.24) is 10.2 Å². The fourth-order valence-corrected chi connectivity index (χ4v) is 15.9. The maximum absolute atomic E-state index is 14.0. The summed E-state index contributed by atoms with van der Waals surface area (Å²) < 4.78 is 34.2. The second kappa shape index (κ2) is 13.0. The van der Waals surface area contributed by atoms with Crippen LogP contribution in [0.5, 0.6) is 0 Å². The lowest BCUT2D eigenvalue weighted by Gasteiger charge is -2.72. The summed E-state index contributed by atoms with van der Waals surface area (Å²) in [5, 5.41) is 14.0. The van der Waals surface area contributed by atoms with Crippen molar-refractivity contribution in [3.63, 3.8) is 0 Å². The Bertz CT molecular complexity index is 1470. The van der Waals surface area contributed by atoms with Gasteiger partial charge in [-0.25, -0.2) is 4.39 Å². The number of aliphatic carboxylic acids is 1. The summed E-state index contributed by atoms with van der Waals surface area (Å²) in [7, 11) is -2.37. The average molecular weight is 729 g/mol. The molecule has 0 aromatic carbocycles.